The third-order valence-electron chi connectivity index (χ3n) is 4.81. The van der Waals surface area contributed by atoms with Gasteiger partial charge in [-0.15, -0.1) is 0 Å². The molecule has 0 unspecified atom stereocenters. The Morgan fingerprint density at radius 1 is 1.24 bits per heavy atom. The van der Waals surface area contributed by atoms with Crippen molar-refractivity contribution in [3.8, 4) is 11.8 Å². The van der Waals surface area contributed by atoms with Crippen molar-refractivity contribution in [3.63, 3.8) is 0 Å². The fourth-order valence-corrected chi connectivity index (χ4v) is 4.32. The Hall–Kier alpha value is -1.20. The van der Waals surface area contributed by atoms with Crippen molar-refractivity contribution in [1.29, 1.82) is 5.26 Å². The van der Waals surface area contributed by atoms with Crippen LogP contribution in [0.3, 0.4) is 0 Å². The Morgan fingerprint density at radius 3 is 2.33 bits per heavy atom. The fraction of sp³-hybridized carbons (Fsp3) is 0.611. The summed E-state index contributed by atoms with van der Waals surface area (Å²) < 4.78 is 5.46. The molecule has 0 bridgehead atoms. The van der Waals surface area contributed by atoms with E-state index in [1.807, 2.05) is 18.2 Å². The van der Waals surface area contributed by atoms with Gasteiger partial charge in [-0.3, -0.25) is 0 Å². The molecular weight excluding hydrogens is 282 g/mol. The van der Waals surface area contributed by atoms with Gasteiger partial charge in [-0.05, 0) is 49.3 Å². The van der Waals surface area contributed by atoms with Crippen molar-refractivity contribution in [2.75, 3.05) is 7.11 Å². The maximum Gasteiger partial charge on any atom is 0.123 e. The van der Waals surface area contributed by atoms with E-state index in [9.17, 15) is 5.26 Å². The number of halogens is 1. The number of methoxy groups -OCH3 is 1. The van der Waals surface area contributed by atoms with Crippen molar-refractivity contribution in [3.05, 3.63) is 28.8 Å². The van der Waals surface area contributed by atoms with Gasteiger partial charge in [0.1, 0.15) is 5.75 Å². The number of rotatable bonds is 6. The second-order valence-corrected chi connectivity index (χ2v) is 6.83. The monoisotopic (exact) mass is 305 g/mol. The first-order valence-electron chi connectivity index (χ1n) is 7.80. The van der Waals surface area contributed by atoms with Gasteiger partial charge in [0.15, 0.2) is 0 Å². The van der Waals surface area contributed by atoms with Crippen molar-refractivity contribution < 1.29 is 4.74 Å². The van der Waals surface area contributed by atoms with Crippen LogP contribution in [-0.4, -0.2) is 7.11 Å². The standard InChI is InChI=1S/C18H24ClNO/c1-4-8-17(9-5-2)11-18(12-17,13-20)15-10-14(19)6-7-16(15)21-3/h6-7,10H,4-5,8-9,11-12H2,1-3H3. The first-order valence-corrected chi connectivity index (χ1v) is 8.18. The molecule has 2 rings (SSSR count). The third kappa shape index (κ3) is 2.90. The lowest BCUT2D eigenvalue weighted by Gasteiger charge is -2.54. The number of hydrogen-bond donors (Lipinski definition) is 0. The van der Waals surface area contributed by atoms with E-state index in [1.54, 1.807) is 7.11 Å². The van der Waals surface area contributed by atoms with Crippen LogP contribution in [-0.2, 0) is 5.41 Å². The first-order chi connectivity index (χ1) is 10.0. The summed E-state index contributed by atoms with van der Waals surface area (Å²) in [6.45, 7) is 4.45. The van der Waals surface area contributed by atoms with Gasteiger partial charge in [0.2, 0.25) is 0 Å². The van der Waals surface area contributed by atoms with Gasteiger partial charge in [-0.25, -0.2) is 0 Å². The Kier molecular flexibility index (Phi) is 4.84. The largest absolute Gasteiger partial charge is 0.496 e. The van der Waals surface area contributed by atoms with Gasteiger partial charge < -0.3 is 4.74 Å². The second-order valence-electron chi connectivity index (χ2n) is 6.39. The lowest BCUT2D eigenvalue weighted by atomic mass is 9.48. The summed E-state index contributed by atoms with van der Waals surface area (Å²) in [7, 11) is 1.65. The summed E-state index contributed by atoms with van der Waals surface area (Å²) in [6, 6.07) is 8.16. The zero-order valence-corrected chi connectivity index (χ0v) is 14.0. The summed E-state index contributed by atoms with van der Waals surface area (Å²) in [6.07, 6.45) is 6.60. The fourth-order valence-electron chi connectivity index (χ4n) is 4.15. The molecule has 0 spiro atoms. The predicted molar refractivity (Wildman–Crippen MR) is 86.8 cm³/mol. The van der Waals surface area contributed by atoms with E-state index in [4.69, 9.17) is 16.3 Å². The minimum absolute atomic E-state index is 0.326. The van der Waals surface area contributed by atoms with E-state index < -0.39 is 5.41 Å². The lowest BCUT2D eigenvalue weighted by Crippen LogP contribution is -2.49. The van der Waals surface area contributed by atoms with Gasteiger partial charge in [0.05, 0.1) is 18.6 Å². The van der Waals surface area contributed by atoms with E-state index >= 15 is 0 Å². The van der Waals surface area contributed by atoms with Gasteiger partial charge in [0.25, 0.3) is 0 Å². The van der Waals surface area contributed by atoms with Crippen molar-refractivity contribution >= 4 is 11.6 Å². The number of nitrogens with zero attached hydrogens (tertiary/aromatic N) is 1. The predicted octanol–water partition coefficient (Wildman–Crippen LogP) is 5.49. The zero-order chi connectivity index (χ0) is 15.5. The molecule has 0 atom stereocenters. The van der Waals surface area contributed by atoms with E-state index in [-0.39, 0.29) is 0 Å². The first kappa shape index (κ1) is 16.2. The van der Waals surface area contributed by atoms with Crippen LogP contribution in [0.2, 0.25) is 5.02 Å². The van der Waals surface area contributed by atoms with Gasteiger partial charge in [-0.1, -0.05) is 38.3 Å². The molecule has 0 heterocycles. The Labute approximate surface area is 133 Å². The van der Waals surface area contributed by atoms with Crippen LogP contribution in [0.5, 0.6) is 5.75 Å². The van der Waals surface area contributed by atoms with Crippen LogP contribution in [0.15, 0.2) is 18.2 Å². The average molecular weight is 306 g/mol. The topological polar surface area (TPSA) is 33.0 Å². The molecule has 0 aromatic heterocycles. The molecule has 2 nitrogen and oxygen atoms in total. The molecule has 114 valence electrons. The molecule has 1 aliphatic carbocycles. The van der Waals surface area contributed by atoms with Crippen LogP contribution in [0, 0.1) is 16.7 Å². The maximum atomic E-state index is 9.82. The normalized spacial score (nSPS) is 18.6. The SMILES string of the molecule is CCCC1(CCC)CC(C#N)(c2cc(Cl)ccc2OC)C1. The molecule has 0 N–H and O–H groups in total. The van der Waals surface area contributed by atoms with E-state index in [0.717, 1.165) is 24.2 Å². The van der Waals surface area contributed by atoms with E-state index in [2.05, 4.69) is 19.9 Å². The molecule has 1 saturated carbocycles. The van der Waals surface area contributed by atoms with E-state index in [0.29, 0.717) is 10.4 Å². The van der Waals surface area contributed by atoms with Gasteiger partial charge in [0, 0.05) is 10.6 Å². The molecule has 1 aliphatic rings. The molecular formula is C18H24ClNO. The van der Waals surface area contributed by atoms with Crippen LogP contribution in [0.1, 0.15) is 57.9 Å². The number of hydrogen-bond acceptors (Lipinski definition) is 2. The van der Waals surface area contributed by atoms with Crippen molar-refractivity contribution in [1.82, 2.24) is 0 Å². The highest BCUT2D eigenvalue weighted by molar-refractivity contribution is 6.30. The summed E-state index contributed by atoms with van der Waals surface area (Å²) >= 11 is 6.15. The van der Waals surface area contributed by atoms with Crippen LogP contribution >= 0.6 is 11.6 Å². The van der Waals surface area contributed by atoms with Crippen LogP contribution < -0.4 is 4.74 Å². The molecule has 0 saturated heterocycles. The highest BCUT2D eigenvalue weighted by Gasteiger charge is 2.55. The smallest absolute Gasteiger partial charge is 0.123 e. The number of ether oxygens (including phenoxy) is 1. The summed E-state index contributed by atoms with van der Waals surface area (Å²) in [5, 5.41) is 10.5. The maximum absolute atomic E-state index is 9.82. The number of nitriles is 1. The van der Waals surface area contributed by atoms with Crippen LogP contribution in [0.25, 0.3) is 0 Å². The quantitative estimate of drug-likeness (QED) is 0.696. The average Bonchev–Trinajstić information content (AvgIpc) is 2.44. The van der Waals surface area contributed by atoms with Gasteiger partial charge in [-0.2, -0.15) is 5.26 Å². The molecule has 1 fully saturated rings. The molecule has 21 heavy (non-hydrogen) atoms. The van der Waals surface area contributed by atoms with Gasteiger partial charge >= 0.3 is 0 Å². The molecule has 0 radical (unpaired) electrons. The molecule has 1 aromatic rings. The highest BCUT2D eigenvalue weighted by Crippen LogP contribution is 2.61. The Bertz CT molecular complexity index is 533. The second kappa shape index (κ2) is 6.28. The Morgan fingerprint density at radius 2 is 1.86 bits per heavy atom. The molecule has 3 heteroatoms. The summed E-state index contributed by atoms with van der Waals surface area (Å²) in [4.78, 5) is 0. The zero-order valence-electron chi connectivity index (χ0n) is 13.2. The molecule has 0 aliphatic heterocycles. The molecule has 0 amide bonds. The van der Waals surface area contributed by atoms with Crippen LogP contribution in [0.4, 0.5) is 0 Å². The third-order valence-corrected chi connectivity index (χ3v) is 5.04. The molecule has 1 aromatic carbocycles. The summed E-state index contributed by atoms with van der Waals surface area (Å²) in [5.74, 6) is 0.780. The minimum Gasteiger partial charge on any atom is -0.496 e. The van der Waals surface area contributed by atoms with E-state index in [1.165, 1.54) is 25.7 Å². The summed E-state index contributed by atoms with van der Waals surface area (Å²) in [5.41, 5.74) is 0.857. The minimum atomic E-state index is -0.430. The number of benzene rings is 1. The van der Waals surface area contributed by atoms with Crippen molar-refractivity contribution in [2.24, 2.45) is 5.41 Å². The van der Waals surface area contributed by atoms with Crippen molar-refractivity contribution in [2.45, 2.75) is 57.8 Å². The Balaban J connectivity index is 2.34. The lowest BCUT2D eigenvalue weighted by molar-refractivity contribution is 0.0345. The highest BCUT2D eigenvalue weighted by atomic mass is 35.5.